The zero-order chi connectivity index (χ0) is 13.2. The third kappa shape index (κ3) is 2.17. The summed E-state index contributed by atoms with van der Waals surface area (Å²) in [5.74, 6) is 1.41. The van der Waals surface area contributed by atoms with Gasteiger partial charge in [0, 0.05) is 6.07 Å². The molecule has 0 aliphatic carbocycles. The molecule has 0 amide bonds. The van der Waals surface area contributed by atoms with Crippen LogP contribution in [0.5, 0.6) is 11.5 Å². The Morgan fingerprint density at radius 3 is 2.89 bits per heavy atom. The molecule has 0 radical (unpaired) electrons. The molecule has 3 aromatic rings. The molecule has 3 rings (SSSR count). The molecule has 0 fully saturated rings. The first-order valence-corrected chi connectivity index (χ1v) is 6.41. The van der Waals surface area contributed by atoms with Crippen molar-refractivity contribution < 1.29 is 14.4 Å². The Kier molecular flexibility index (Phi) is 2.92. The average Bonchev–Trinajstić information content (AvgIpc) is 3.09. The zero-order valence-electron chi connectivity index (χ0n) is 10.0. The molecule has 0 aliphatic heterocycles. The van der Waals surface area contributed by atoms with E-state index < -0.39 is 0 Å². The van der Waals surface area contributed by atoms with Gasteiger partial charge >= 0.3 is 0 Å². The summed E-state index contributed by atoms with van der Waals surface area (Å²) in [5, 5.41) is 15.8. The van der Waals surface area contributed by atoms with Crippen molar-refractivity contribution in [1.29, 1.82) is 0 Å². The Morgan fingerprint density at radius 1 is 1.32 bits per heavy atom. The van der Waals surface area contributed by atoms with Crippen molar-refractivity contribution in [3.8, 4) is 33.7 Å². The van der Waals surface area contributed by atoms with Gasteiger partial charge in [0.15, 0.2) is 0 Å². The van der Waals surface area contributed by atoms with E-state index in [9.17, 15) is 5.11 Å². The third-order valence-corrected chi connectivity index (χ3v) is 3.47. The first-order chi connectivity index (χ1) is 9.28. The van der Waals surface area contributed by atoms with Gasteiger partial charge in [0.2, 0.25) is 5.82 Å². The second kappa shape index (κ2) is 4.74. The number of ether oxygens (including phenoxy) is 1. The van der Waals surface area contributed by atoms with Gasteiger partial charge in [0.25, 0.3) is 5.89 Å². The summed E-state index contributed by atoms with van der Waals surface area (Å²) < 4.78 is 10.2. The van der Waals surface area contributed by atoms with Crippen LogP contribution in [-0.4, -0.2) is 22.4 Å². The van der Waals surface area contributed by atoms with Crippen molar-refractivity contribution in [3.63, 3.8) is 0 Å². The number of aromatic hydroxyl groups is 1. The fraction of sp³-hybridized carbons (Fsp3) is 0.0769. The summed E-state index contributed by atoms with van der Waals surface area (Å²) in [6, 6.07) is 8.74. The molecule has 0 atom stereocenters. The molecule has 0 spiro atoms. The Balaban J connectivity index is 1.99. The molecule has 0 bridgehead atoms. The molecule has 96 valence electrons. The van der Waals surface area contributed by atoms with E-state index in [0.717, 1.165) is 4.88 Å². The number of thiophene rings is 1. The van der Waals surface area contributed by atoms with E-state index in [2.05, 4.69) is 10.1 Å². The van der Waals surface area contributed by atoms with E-state index in [4.69, 9.17) is 9.26 Å². The Labute approximate surface area is 113 Å². The Hall–Kier alpha value is -2.34. The summed E-state index contributed by atoms with van der Waals surface area (Å²) in [6.45, 7) is 0. The van der Waals surface area contributed by atoms with Crippen molar-refractivity contribution in [2.75, 3.05) is 7.11 Å². The normalized spacial score (nSPS) is 10.6. The fourth-order valence-corrected chi connectivity index (χ4v) is 2.31. The number of phenols is 1. The molecule has 1 aromatic carbocycles. The van der Waals surface area contributed by atoms with Crippen molar-refractivity contribution in [1.82, 2.24) is 10.1 Å². The van der Waals surface area contributed by atoms with Crippen LogP contribution in [0.2, 0.25) is 0 Å². The van der Waals surface area contributed by atoms with Crippen LogP contribution in [0.15, 0.2) is 40.2 Å². The number of phenolic OH excluding ortho intramolecular Hbond substituents is 1. The topological polar surface area (TPSA) is 68.4 Å². The van der Waals surface area contributed by atoms with Gasteiger partial charge < -0.3 is 14.4 Å². The number of nitrogens with zero attached hydrogens (tertiary/aromatic N) is 2. The van der Waals surface area contributed by atoms with Gasteiger partial charge in [0.1, 0.15) is 11.5 Å². The number of methoxy groups -OCH3 is 1. The minimum atomic E-state index is 0.0423. The molecule has 0 saturated carbocycles. The molecule has 0 saturated heterocycles. The third-order valence-electron chi connectivity index (χ3n) is 2.60. The first-order valence-electron chi connectivity index (χ1n) is 5.53. The van der Waals surface area contributed by atoms with Crippen LogP contribution in [0.3, 0.4) is 0 Å². The molecule has 6 heteroatoms. The van der Waals surface area contributed by atoms with Gasteiger partial charge in [-0.15, -0.1) is 11.3 Å². The fourth-order valence-electron chi connectivity index (χ4n) is 1.66. The summed E-state index contributed by atoms with van der Waals surface area (Å²) in [5.41, 5.74) is 0.483. The molecule has 19 heavy (non-hydrogen) atoms. The summed E-state index contributed by atoms with van der Waals surface area (Å²) >= 11 is 1.53. The lowest BCUT2D eigenvalue weighted by Gasteiger charge is -2.02. The maximum absolute atomic E-state index is 9.91. The minimum Gasteiger partial charge on any atom is -0.507 e. The summed E-state index contributed by atoms with van der Waals surface area (Å²) in [4.78, 5) is 5.19. The average molecular weight is 274 g/mol. The quantitative estimate of drug-likeness (QED) is 0.794. The minimum absolute atomic E-state index is 0.0423. The predicted octanol–water partition coefficient (Wildman–Crippen LogP) is 3.18. The Bertz CT molecular complexity index is 692. The number of rotatable bonds is 3. The SMILES string of the molecule is COc1ccc(-c2nc(-c3cccs3)no2)c(O)c1. The standard InChI is InChI=1S/C13H10N2O3S/c1-17-8-4-5-9(10(16)7-8)13-14-12(15-18-13)11-3-2-6-19-11/h2-7,16H,1H3. The highest BCUT2D eigenvalue weighted by atomic mass is 32.1. The number of aromatic nitrogens is 2. The van der Waals surface area contributed by atoms with Crippen LogP contribution < -0.4 is 4.74 Å². The van der Waals surface area contributed by atoms with E-state index in [1.165, 1.54) is 24.5 Å². The molecule has 2 aromatic heterocycles. The molecular weight excluding hydrogens is 264 g/mol. The van der Waals surface area contributed by atoms with Crippen molar-refractivity contribution in [3.05, 3.63) is 35.7 Å². The van der Waals surface area contributed by atoms with Crippen LogP contribution in [0, 0.1) is 0 Å². The van der Waals surface area contributed by atoms with Crippen molar-refractivity contribution in [2.45, 2.75) is 0 Å². The molecule has 0 unspecified atom stereocenters. The van der Waals surface area contributed by atoms with Crippen LogP contribution in [0.25, 0.3) is 22.2 Å². The van der Waals surface area contributed by atoms with Crippen LogP contribution in [0.1, 0.15) is 0 Å². The molecule has 5 nitrogen and oxygen atoms in total. The molecular formula is C13H10N2O3S. The lowest BCUT2D eigenvalue weighted by atomic mass is 10.2. The van der Waals surface area contributed by atoms with Crippen molar-refractivity contribution in [2.24, 2.45) is 0 Å². The smallest absolute Gasteiger partial charge is 0.262 e. The largest absolute Gasteiger partial charge is 0.507 e. The van der Waals surface area contributed by atoms with Crippen molar-refractivity contribution >= 4 is 11.3 Å². The molecule has 1 N–H and O–H groups in total. The molecule has 0 aliphatic rings. The van der Waals surface area contributed by atoms with E-state index >= 15 is 0 Å². The van der Waals surface area contributed by atoms with E-state index in [-0.39, 0.29) is 11.6 Å². The van der Waals surface area contributed by atoms with E-state index in [1.807, 2.05) is 17.5 Å². The highest BCUT2D eigenvalue weighted by Crippen LogP contribution is 2.32. The van der Waals surface area contributed by atoms with Gasteiger partial charge in [-0.2, -0.15) is 4.98 Å². The highest BCUT2D eigenvalue weighted by molar-refractivity contribution is 7.13. The van der Waals surface area contributed by atoms with Crippen LogP contribution in [0.4, 0.5) is 0 Å². The second-order valence-corrected chi connectivity index (χ2v) is 4.73. The predicted molar refractivity (Wildman–Crippen MR) is 71.3 cm³/mol. The Morgan fingerprint density at radius 2 is 2.21 bits per heavy atom. The first kappa shape index (κ1) is 11.7. The zero-order valence-corrected chi connectivity index (χ0v) is 10.8. The van der Waals surface area contributed by atoms with Gasteiger partial charge in [-0.3, -0.25) is 0 Å². The highest BCUT2D eigenvalue weighted by Gasteiger charge is 2.14. The monoisotopic (exact) mass is 274 g/mol. The molecule has 2 heterocycles. The maximum Gasteiger partial charge on any atom is 0.262 e. The number of hydrogen-bond acceptors (Lipinski definition) is 6. The van der Waals surface area contributed by atoms with Crippen LogP contribution in [-0.2, 0) is 0 Å². The summed E-state index contributed by atoms with van der Waals surface area (Å²) in [6.07, 6.45) is 0. The lowest BCUT2D eigenvalue weighted by Crippen LogP contribution is -1.84. The number of hydrogen-bond donors (Lipinski definition) is 1. The second-order valence-electron chi connectivity index (χ2n) is 3.78. The number of benzene rings is 1. The lowest BCUT2D eigenvalue weighted by molar-refractivity contribution is 0.405. The van der Waals surface area contributed by atoms with Gasteiger partial charge in [-0.1, -0.05) is 11.2 Å². The summed E-state index contributed by atoms with van der Waals surface area (Å²) in [7, 11) is 1.54. The van der Waals surface area contributed by atoms with E-state index in [0.29, 0.717) is 17.1 Å². The van der Waals surface area contributed by atoms with E-state index in [1.54, 1.807) is 12.1 Å². The van der Waals surface area contributed by atoms with Gasteiger partial charge in [0.05, 0.1) is 17.6 Å². The van der Waals surface area contributed by atoms with Gasteiger partial charge in [-0.25, -0.2) is 0 Å². The van der Waals surface area contributed by atoms with Crippen LogP contribution >= 0.6 is 11.3 Å². The van der Waals surface area contributed by atoms with Gasteiger partial charge in [-0.05, 0) is 23.6 Å². The maximum atomic E-state index is 9.91.